The van der Waals surface area contributed by atoms with Crippen molar-refractivity contribution in [2.24, 2.45) is 0 Å². The normalized spacial score (nSPS) is 5.45. The molecule has 0 unspecified atom stereocenters. The molecule has 0 atom stereocenters. The summed E-state index contributed by atoms with van der Waals surface area (Å²) in [6.07, 6.45) is 0. The molecule has 0 spiro atoms. The minimum atomic E-state index is 0. The maximum atomic E-state index is 8.63. The van der Waals surface area contributed by atoms with Crippen LogP contribution in [0.2, 0.25) is 0 Å². The van der Waals surface area contributed by atoms with E-state index in [2.05, 4.69) is 0 Å². The molecule has 0 amide bonds. The van der Waals surface area contributed by atoms with Crippen LogP contribution in [0.25, 0.3) is 0 Å². The van der Waals surface area contributed by atoms with Gasteiger partial charge in [0.05, 0.1) is 0 Å². The number of phenolic OH excluding ortho intramolecular Hbond substituents is 1. The summed E-state index contributed by atoms with van der Waals surface area (Å²) in [6, 6.07) is 8.71. The summed E-state index contributed by atoms with van der Waals surface area (Å²) in [4.78, 5) is 0. The van der Waals surface area contributed by atoms with Gasteiger partial charge >= 0.3 is 0 Å². The van der Waals surface area contributed by atoms with Gasteiger partial charge in [0.1, 0.15) is 5.75 Å². The summed E-state index contributed by atoms with van der Waals surface area (Å²) in [5.74, 6) is 0.322. The van der Waals surface area contributed by atoms with Gasteiger partial charge < -0.3 is 16.1 Å². The van der Waals surface area contributed by atoms with Crippen LogP contribution in [-0.4, -0.2) is 16.1 Å². The second-order valence-electron chi connectivity index (χ2n) is 1.34. The van der Waals surface area contributed by atoms with Gasteiger partial charge in [-0.1, -0.05) is 18.2 Å². The fraction of sp³-hybridized carbons (Fsp3) is 0. The van der Waals surface area contributed by atoms with Crippen LogP contribution in [0, 0.1) is 0 Å². The maximum Gasteiger partial charge on any atom is 0.115 e. The Morgan fingerprint density at radius 1 is 0.818 bits per heavy atom. The van der Waals surface area contributed by atoms with Gasteiger partial charge in [0.25, 0.3) is 0 Å². The van der Waals surface area contributed by atoms with Crippen molar-refractivity contribution in [3.05, 3.63) is 30.3 Å². The van der Waals surface area contributed by atoms with E-state index >= 15 is 0 Å². The van der Waals surface area contributed by atoms with E-state index in [0.717, 1.165) is 0 Å². The van der Waals surface area contributed by atoms with Gasteiger partial charge in [-0.15, -0.1) is 0 Å². The predicted octanol–water partition coefficient (Wildman–Crippen LogP) is -0.262. The summed E-state index contributed by atoms with van der Waals surface area (Å²) in [6.45, 7) is 0. The van der Waals surface area contributed by atoms with Crippen LogP contribution in [-0.2, 0) is 65.4 Å². The van der Waals surface area contributed by atoms with Gasteiger partial charge in [-0.2, -0.15) is 0 Å². The molecule has 11 heavy (non-hydrogen) atoms. The minimum Gasteiger partial charge on any atom is -0.508 e. The molecule has 0 saturated carbocycles. The Labute approximate surface area is 116 Å². The van der Waals surface area contributed by atoms with Crippen LogP contribution in [0.15, 0.2) is 30.3 Å². The Morgan fingerprint density at radius 3 is 1.36 bits per heavy atom. The van der Waals surface area contributed by atoms with Crippen LogP contribution in [0.3, 0.4) is 0 Å². The molecule has 0 aromatic heterocycles. The molecule has 0 bridgehead atoms. The average molecular weight is 308 g/mol. The predicted molar refractivity (Wildman–Crippen MR) is 35.3 cm³/mol. The van der Waals surface area contributed by atoms with Crippen molar-refractivity contribution in [2.75, 3.05) is 0 Å². The fourth-order valence-electron chi connectivity index (χ4n) is 0.428. The molecule has 1 aromatic rings. The minimum absolute atomic E-state index is 0. The second-order valence-corrected chi connectivity index (χ2v) is 1.34. The quantitative estimate of drug-likeness (QED) is 0.703. The Hall–Kier alpha value is 1.15. The topological polar surface area (TPSA) is 83.2 Å². The molecule has 0 aliphatic rings. The molecular weight excluding hydrogens is 298 g/mol. The summed E-state index contributed by atoms with van der Waals surface area (Å²) in [5, 5.41) is 8.63. The van der Waals surface area contributed by atoms with E-state index in [1.165, 1.54) is 0 Å². The van der Waals surface area contributed by atoms with Crippen LogP contribution in [0.1, 0.15) is 0 Å². The van der Waals surface area contributed by atoms with Gasteiger partial charge in [-0.25, -0.2) is 0 Å². The van der Waals surface area contributed by atoms with Crippen molar-refractivity contribution in [1.29, 1.82) is 0 Å². The zero-order valence-electron chi connectivity index (χ0n) is 5.99. The first-order chi connectivity index (χ1) is 3.39. The van der Waals surface area contributed by atoms with Crippen molar-refractivity contribution >= 4 is 0 Å². The second kappa shape index (κ2) is 13.7. The summed E-state index contributed by atoms with van der Waals surface area (Å²) in [5.41, 5.74) is 0. The van der Waals surface area contributed by atoms with E-state index in [-0.39, 0.29) is 76.4 Å². The van der Waals surface area contributed by atoms with E-state index in [1.54, 1.807) is 24.3 Å². The number of aromatic hydroxyl groups is 1. The third-order valence-corrected chi connectivity index (χ3v) is 0.756. The van der Waals surface area contributed by atoms with Crippen LogP contribution in [0.4, 0.5) is 0 Å². The van der Waals surface area contributed by atoms with E-state index in [4.69, 9.17) is 5.11 Å². The Kier molecular flexibility index (Phi) is 28.4. The van der Waals surface area contributed by atoms with Gasteiger partial charge in [0.2, 0.25) is 0 Å². The number of para-hydroxylation sites is 1. The Morgan fingerprint density at radius 2 is 1.18 bits per heavy atom. The van der Waals surface area contributed by atoms with Gasteiger partial charge in [0.15, 0.2) is 0 Å². The average Bonchev–Trinajstić information content (AvgIpc) is 1.69. The van der Waals surface area contributed by atoms with Crippen molar-refractivity contribution in [3.8, 4) is 5.75 Å². The van der Waals surface area contributed by atoms with Crippen molar-refractivity contribution < 1.29 is 81.5 Å². The summed E-state index contributed by atoms with van der Waals surface area (Å²) in [7, 11) is 0. The van der Waals surface area contributed by atoms with E-state index < -0.39 is 0 Å². The largest absolute Gasteiger partial charge is 0.508 e. The van der Waals surface area contributed by atoms with Gasteiger partial charge in [0, 0.05) is 65.4 Å². The molecule has 3 nitrogen and oxygen atoms in total. The van der Waals surface area contributed by atoms with Crippen molar-refractivity contribution in [2.45, 2.75) is 0 Å². The van der Waals surface area contributed by atoms with Gasteiger partial charge in [-0.05, 0) is 12.1 Å². The smallest absolute Gasteiger partial charge is 0.115 e. The molecule has 0 aliphatic heterocycles. The zero-order valence-corrected chi connectivity index (χ0v) is 11.7. The molecule has 0 saturated heterocycles. The third-order valence-electron chi connectivity index (χ3n) is 0.756. The van der Waals surface area contributed by atoms with Crippen LogP contribution < -0.4 is 0 Å². The number of phenols is 1. The molecule has 0 fully saturated rings. The molecule has 5 heteroatoms. The maximum absolute atomic E-state index is 8.63. The summed E-state index contributed by atoms with van der Waals surface area (Å²) >= 11 is 0. The SMILES string of the molecule is O.O.Oc1ccccc1.[Y].[Y]. The Balaban J connectivity index is -0.0000000612. The molecule has 0 aliphatic carbocycles. The first-order valence-electron chi connectivity index (χ1n) is 2.13. The molecule has 58 valence electrons. The molecule has 1 rings (SSSR count). The molecule has 2 radical (unpaired) electrons. The van der Waals surface area contributed by atoms with Crippen LogP contribution >= 0.6 is 0 Å². The fourth-order valence-corrected chi connectivity index (χ4v) is 0.428. The number of hydrogen-bond donors (Lipinski definition) is 1. The van der Waals surface area contributed by atoms with Crippen molar-refractivity contribution in [1.82, 2.24) is 0 Å². The molecular formula is C6H10O3Y2. The molecule has 5 N–H and O–H groups in total. The monoisotopic (exact) mass is 308 g/mol. The third kappa shape index (κ3) is 11.1. The number of benzene rings is 1. The standard InChI is InChI=1S/C6H6O.2H2O.2Y/c7-6-4-2-1-3-5-6;;;;/h1-5,7H;2*1H2;;. The van der Waals surface area contributed by atoms with E-state index in [0.29, 0.717) is 5.75 Å². The zero-order chi connectivity index (χ0) is 5.11. The molecule has 0 heterocycles. The van der Waals surface area contributed by atoms with E-state index in [9.17, 15) is 0 Å². The molecule has 1 aromatic carbocycles. The van der Waals surface area contributed by atoms with E-state index in [1.807, 2.05) is 6.07 Å². The van der Waals surface area contributed by atoms with Crippen molar-refractivity contribution in [3.63, 3.8) is 0 Å². The first-order valence-corrected chi connectivity index (χ1v) is 2.13. The number of hydrogen-bond acceptors (Lipinski definition) is 1. The van der Waals surface area contributed by atoms with Crippen LogP contribution in [0.5, 0.6) is 5.75 Å². The Bertz CT molecular complexity index is 146. The number of rotatable bonds is 0. The first kappa shape index (κ1) is 22.7. The summed E-state index contributed by atoms with van der Waals surface area (Å²) < 4.78 is 0. The van der Waals surface area contributed by atoms with Gasteiger partial charge in [-0.3, -0.25) is 0 Å².